The lowest BCUT2D eigenvalue weighted by molar-refractivity contribution is 0.261. The first-order valence-corrected chi connectivity index (χ1v) is 8.38. The molecule has 2 nitrogen and oxygen atoms in total. The van der Waals surface area contributed by atoms with Crippen molar-refractivity contribution < 1.29 is 0 Å². The minimum Gasteiger partial charge on any atom is -0.312 e. The van der Waals surface area contributed by atoms with E-state index in [1.54, 1.807) is 0 Å². The van der Waals surface area contributed by atoms with Crippen LogP contribution in [0.25, 0.3) is 0 Å². The standard InChI is InChI=1S/C17H23ClN2/c18-14-8-4-7-13(9-14)16-11-20-17(15(16)10-19)12-5-2-1-3-6-12/h4,7,9,12,14-17,20H,1-3,5-6,8,11H2. The lowest BCUT2D eigenvalue weighted by atomic mass is 9.75. The van der Waals surface area contributed by atoms with Gasteiger partial charge in [-0.15, -0.1) is 11.6 Å². The summed E-state index contributed by atoms with van der Waals surface area (Å²) < 4.78 is 0. The number of nitrogens with zero attached hydrogens (tertiary/aromatic N) is 1. The van der Waals surface area contributed by atoms with Crippen molar-refractivity contribution in [2.45, 2.75) is 49.9 Å². The number of rotatable bonds is 2. The second kappa shape index (κ2) is 6.33. The van der Waals surface area contributed by atoms with Gasteiger partial charge in [-0.1, -0.05) is 37.5 Å². The van der Waals surface area contributed by atoms with Gasteiger partial charge in [0.05, 0.1) is 17.4 Å². The third-order valence-electron chi connectivity index (χ3n) is 5.17. The topological polar surface area (TPSA) is 35.8 Å². The first-order chi connectivity index (χ1) is 9.79. The molecule has 1 aliphatic heterocycles. The maximum Gasteiger partial charge on any atom is 0.0699 e. The van der Waals surface area contributed by atoms with Crippen molar-refractivity contribution in [1.82, 2.24) is 5.32 Å². The fraction of sp³-hybridized carbons (Fsp3) is 0.706. The molecule has 2 aliphatic carbocycles. The lowest BCUT2D eigenvalue weighted by Crippen LogP contribution is -2.36. The Morgan fingerprint density at radius 1 is 1.25 bits per heavy atom. The fourth-order valence-corrected chi connectivity index (χ4v) is 4.38. The van der Waals surface area contributed by atoms with E-state index in [-0.39, 0.29) is 11.3 Å². The molecule has 0 aromatic heterocycles. The number of alkyl halides is 1. The smallest absolute Gasteiger partial charge is 0.0699 e. The molecule has 0 bridgehead atoms. The molecule has 0 radical (unpaired) electrons. The summed E-state index contributed by atoms with van der Waals surface area (Å²) in [6.07, 6.45) is 14.0. The largest absolute Gasteiger partial charge is 0.312 e. The first-order valence-electron chi connectivity index (χ1n) is 7.95. The summed E-state index contributed by atoms with van der Waals surface area (Å²) in [7, 11) is 0. The van der Waals surface area contributed by atoms with Gasteiger partial charge in [0.1, 0.15) is 0 Å². The summed E-state index contributed by atoms with van der Waals surface area (Å²) in [5.74, 6) is 1.12. The molecule has 2 fully saturated rings. The van der Waals surface area contributed by atoms with E-state index in [4.69, 9.17) is 11.6 Å². The van der Waals surface area contributed by atoms with E-state index in [2.05, 4.69) is 29.6 Å². The summed E-state index contributed by atoms with van der Waals surface area (Å²) >= 11 is 6.23. The molecule has 1 heterocycles. The molecule has 4 unspecified atom stereocenters. The maximum atomic E-state index is 9.66. The average Bonchev–Trinajstić information content (AvgIpc) is 2.92. The molecule has 108 valence electrons. The molecule has 1 N–H and O–H groups in total. The minimum absolute atomic E-state index is 0.100. The molecule has 3 heteroatoms. The highest BCUT2D eigenvalue weighted by Crippen LogP contribution is 2.38. The van der Waals surface area contributed by atoms with Crippen molar-refractivity contribution >= 4 is 11.6 Å². The number of nitrogens with one attached hydrogen (secondary N) is 1. The van der Waals surface area contributed by atoms with Crippen LogP contribution in [0, 0.1) is 29.1 Å². The van der Waals surface area contributed by atoms with Crippen molar-refractivity contribution in [2.24, 2.45) is 17.8 Å². The van der Waals surface area contributed by atoms with Gasteiger partial charge in [-0.25, -0.2) is 0 Å². The highest BCUT2D eigenvalue weighted by Gasteiger charge is 2.41. The molecule has 3 rings (SSSR count). The zero-order valence-electron chi connectivity index (χ0n) is 11.9. The number of hydrogen-bond donors (Lipinski definition) is 1. The molecule has 0 aromatic carbocycles. The van der Waals surface area contributed by atoms with E-state index in [1.165, 1.54) is 37.7 Å². The predicted molar refractivity (Wildman–Crippen MR) is 82.4 cm³/mol. The van der Waals surface area contributed by atoms with Crippen LogP contribution in [0.4, 0.5) is 0 Å². The second-order valence-electron chi connectivity index (χ2n) is 6.41. The molecule has 0 amide bonds. The van der Waals surface area contributed by atoms with Crippen molar-refractivity contribution in [2.75, 3.05) is 6.54 Å². The Hall–Kier alpha value is -0.780. The zero-order valence-corrected chi connectivity index (χ0v) is 12.6. The monoisotopic (exact) mass is 290 g/mol. The van der Waals surface area contributed by atoms with Gasteiger partial charge in [0.25, 0.3) is 0 Å². The number of halogens is 1. The quantitative estimate of drug-likeness (QED) is 0.786. The molecule has 0 aromatic rings. The minimum atomic E-state index is 0.100. The summed E-state index contributed by atoms with van der Waals surface area (Å²) in [6.45, 7) is 0.930. The Balaban J connectivity index is 1.74. The van der Waals surface area contributed by atoms with E-state index < -0.39 is 0 Å². The van der Waals surface area contributed by atoms with Gasteiger partial charge in [0, 0.05) is 18.5 Å². The third kappa shape index (κ3) is 2.80. The van der Waals surface area contributed by atoms with E-state index in [0.29, 0.717) is 17.9 Å². The van der Waals surface area contributed by atoms with Crippen LogP contribution in [0.2, 0.25) is 0 Å². The number of allylic oxidation sites excluding steroid dienone is 3. The van der Waals surface area contributed by atoms with E-state index in [9.17, 15) is 5.26 Å². The Labute approximate surface area is 126 Å². The van der Waals surface area contributed by atoms with Gasteiger partial charge in [-0.2, -0.15) is 5.26 Å². The second-order valence-corrected chi connectivity index (χ2v) is 6.97. The molecule has 0 spiro atoms. The lowest BCUT2D eigenvalue weighted by Gasteiger charge is -2.30. The van der Waals surface area contributed by atoms with Gasteiger partial charge >= 0.3 is 0 Å². The van der Waals surface area contributed by atoms with Crippen molar-refractivity contribution in [3.63, 3.8) is 0 Å². The van der Waals surface area contributed by atoms with Gasteiger partial charge in [0.15, 0.2) is 0 Å². The summed E-state index contributed by atoms with van der Waals surface area (Å²) in [6, 6.07) is 2.98. The van der Waals surface area contributed by atoms with E-state index >= 15 is 0 Å². The van der Waals surface area contributed by atoms with Crippen molar-refractivity contribution in [3.05, 3.63) is 23.8 Å². The zero-order chi connectivity index (χ0) is 13.9. The van der Waals surface area contributed by atoms with Gasteiger partial charge in [0.2, 0.25) is 0 Å². The molecular weight excluding hydrogens is 268 g/mol. The summed E-state index contributed by atoms with van der Waals surface area (Å²) in [5, 5.41) is 13.4. The Bertz CT molecular complexity index is 442. The molecule has 4 atom stereocenters. The Morgan fingerprint density at radius 2 is 2.05 bits per heavy atom. The van der Waals surface area contributed by atoms with Gasteiger partial charge in [-0.3, -0.25) is 0 Å². The van der Waals surface area contributed by atoms with E-state index in [0.717, 1.165) is 13.0 Å². The SMILES string of the molecule is N#CC1C(C2=CC(Cl)CC=C2)CNC1C1CCCCC1. The summed E-state index contributed by atoms with van der Waals surface area (Å²) in [4.78, 5) is 0. The van der Waals surface area contributed by atoms with Crippen LogP contribution in [-0.4, -0.2) is 18.0 Å². The third-order valence-corrected chi connectivity index (χ3v) is 5.48. The van der Waals surface area contributed by atoms with Crippen LogP contribution >= 0.6 is 11.6 Å². The van der Waals surface area contributed by atoms with Crippen LogP contribution < -0.4 is 5.32 Å². The number of nitriles is 1. The molecule has 3 aliphatic rings. The van der Waals surface area contributed by atoms with Crippen LogP contribution in [0.15, 0.2) is 23.8 Å². The van der Waals surface area contributed by atoms with Crippen LogP contribution in [-0.2, 0) is 0 Å². The molecule has 1 saturated carbocycles. The highest BCUT2D eigenvalue weighted by atomic mass is 35.5. The normalized spacial score (nSPS) is 38.5. The highest BCUT2D eigenvalue weighted by molar-refractivity contribution is 6.22. The van der Waals surface area contributed by atoms with Crippen molar-refractivity contribution in [3.8, 4) is 6.07 Å². The Morgan fingerprint density at radius 3 is 2.75 bits per heavy atom. The van der Waals surface area contributed by atoms with Crippen LogP contribution in [0.3, 0.4) is 0 Å². The van der Waals surface area contributed by atoms with Crippen LogP contribution in [0.5, 0.6) is 0 Å². The van der Waals surface area contributed by atoms with Crippen LogP contribution in [0.1, 0.15) is 38.5 Å². The van der Waals surface area contributed by atoms with Gasteiger partial charge < -0.3 is 5.32 Å². The first kappa shape index (κ1) is 14.2. The molecule has 1 saturated heterocycles. The average molecular weight is 291 g/mol. The Kier molecular flexibility index (Phi) is 4.48. The van der Waals surface area contributed by atoms with E-state index in [1.807, 2.05) is 0 Å². The summed E-state index contributed by atoms with van der Waals surface area (Å²) in [5.41, 5.74) is 1.27. The fourth-order valence-electron chi connectivity index (χ4n) is 4.13. The van der Waals surface area contributed by atoms with Crippen molar-refractivity contribution in [1.29, 1.82) is 5.26 Å². The predicted octanol–water partition coefficient (Wildman–Crippen LogP) is 3.79. The number of hydrogen-bond acceptors (Lipinski definition) is 2. The molecule has 20 heavy (non-hydrogen) atoms. The van der Waals surface area contributed by atoms with Gasteiger partial charge in [-0.05, 0) is 30.8 Å². The maximum absolute atomic E-state index is 9.66. The molecular formula is C17H23ClN2.